The van der Waals surface area contributed by atoms with Crippen molar-refractivity contribution in [3.8, 4) is 41.5 Å². The summed E-state index contributed by atoms with van der Waals surface area (Å²) in [6, 6.07) is 18.1. The van der Waals surface area contributed by atoms with Crippen LogP contribution >= 0.6 is 0 Å². The second-order valence-electron chi connectivity index (χ2n) is 5.36. The molecule has 6 nitrogen and oxygen atoms in total. The van der Waals surface area contributed by atoms with Crippen LogP contribution in [-0.2, 0) is 0 Å². The zero-order valence-corrected chi connectivity index (χ0v) is 15.1. The molecule has 0 atom stereocenters. The lowest BCUT2D eigenvalue weighted by Gasteiger charge is -2.11. The first-order valence-electron chi connectivity index (χ1n) is 8.43. The molecule has 6 heteroatoms. The van der Waals surface area contributed by atoms with E-state index in [0.29, 0.717) is 29.0 Å². The van der Waals surface area contributed by atoms with Gasteiger partial charge in [0.25, 0.3) is 0 Å². The van der Waals surface area contributed by atoms with E-state index in [1.807, 2.05) is 31.2 Å². The molecule has 28 heavy (non-hydrogen) atoms. The summed E-state index contributed by atoms with van der Waals surface area (Å²) >= 11 is 0. The largest absolute Gasteiger partial charge is 0.439 e. The van der Waals surface area contributed by atoms with Crippen molar-refractivity contribution in [3.63, 3.8) is 0 Å². The highest BCUT2D eigenvalue weighted by Crippen LogP contribution is 2.32. The van der Waals surface area contributed by atoms with Gasteiger partial charge in [-0.05, 0) is 25.1 Å². The van der Waals surface area contributed by atoms with Gasteiger partial charge in [-0.3, -0.25) is 0 Å². The Morgan fingerprint density at radius 2 is 1.50 bits per heavy atom. The van der Waals surface area contributed by atoms with Crippen molar-refractivity contribution in [1.82, 2.24) is 9.97 Å². The number of pyridine rings is 2. The van der Waals surface area contributed by atoms with Gasteiger partial charge in [-0.2, -0.15) is 4.99 Å². The van der Waals surface area contributed by atoms with Gasteiger partial charge in [-0.25, -0.2) is 9.97 Å². The third-order valence-electron chi connectivity index (χ3n) is 3.28. The normalized spacial score (nSPS) is 11.1. The smallest absolute Gasteiger partial charge is 0.227 e. The number of benzene rings is 1. The summed E-state index contributed by atoms with van der Waals surface area (Å²) in [5.41, 5.74) is 0. The number of terminal acetylenes is 1. The van der Waals surface area contributed by atoms with E-state index in [-0.39, 0.29) is 5.90 Å². The Balaban J connectivity index is 1.93. The molecule has 0 bridgehead atoms. The summed E-state index contributed by atoms with van der Waals surface area (Å²) in [5.74, 6) is 2.53. The topological polar surface area (TPSA) is 65.8 Å². The molecule has 3 rings (SSSR count). The van der Waals surface area contributed by atoms with Crippen LogP contribution in [-0.4, -0.2) is 15.9 Å². The maximum absolute atomic E-state index is 5.81. The van der Waals surface area contributed by atoms with E-state index in [4.69, 9.17) is 20.6 Å². The SMILES string of the molecule is C#C/N=C(\C=C/C)Oc1cc(Oc2ccccn2)cc(Oc2ccccn2)c1. The number of hydrogen-bond acceptors (Lipinski definition) is 6. The van der Waals surface area contributed by atoms with Gasteiger partial charge < -0.3 is 14.2 Å². The molecule has 0 N–H and O–H groups in total. The van der Waals surface area contributed by atoms with Gasteiger partial charge >= 0.3 is 0 Å². The molecule has 1 aromatic carbocycles. The Labute approximate surface area is 163 Å². The van der Waals surface area contributed by atoms with Gasteiger partial charge in [0, 0.05) is 48.8 Å². The van der Waals surface area contributed by atoms with Crippen LogP contribution in [0, 0.1) is 12.5 Å². The fourth-order valence-electron chi connectivity index (χ4n) is 2.20. The lowest BCUT2D eigenvalue weighted by Crippen LogP contribution is -2.05. The summed E-state index contributed by atoms with van der Waals surface area (Å²) in [5, 5.41) is 0. The third kappa shape index (κ3) is 5.44. The quantitative estimate of drug-likeness (QED) is 0.346. The number of aliphatic imine (C=N–C) groups is 1. The molecule has 0 amide bonds. The molecule has 0 radical (unpaired) electrons. The number of aromatic nitrogens is 2. The van der Waals surface area contributed by atoms with E-state index in [1.54, 1.807) is 54.9 Å². The van der Waals surface area contributed by atoms with Crippen LogP contribution in [0.5, 0.6) is 29.0 Å². The van der Waals surface area contributed by atoms with Gasteiger partial charge in [0.2, 0.25) is 17.7 Å². The highest BCUT2D eigenvalue weighted by molar-refractivity contribution is 5.90. The molecule has 0 saturated heterocycles. The predicted octanol–water partition coefficient (Wildman–Crippen LogP) is 5.01. The van der Waals surface area contributed by atoms with Gasteiger partial charge in [0.05, 0.1) is 0 Å². The molecule has 0 aliphatic carbocycles. The minimum absolute atomic E-state index is 0.267. The minimum atomic E-state index is 0.267. The summed E-state index contributed by atoms with van der Waals surface area (Å²) in [6.45, 7) is 1.84. The van der Waals surface area contributed by atoms with E-state index in [1.165, 1.54) is 0 Å². The standard InChI is InChI=1S/C22H17N3O3/c1-3-9-20(23-4-2)26-17-14-18(27-21-10-5-7-12-24-21)16-19(15-17)28-22-11-6-8-13-25-22/h2-3,5-16H,1H3/b9-3-,23-20+. The van der Waals surface area contributed by atoms with Crippen molar-refractivity contribution >= 4 is 5.90 Å². The maximum Gasteiger partial charge on any atom is 0.227 e. The zero-order valence-electron chi connectivity index (χ0n) is 15.1. The summed E-state index contributed by atoms with van der Waals surface area (Å²) in [4.78, 5) is 12.2. The van der Waals surface area contributed by atoms with Gasteiger partial charge in [-0.15, -0.1) is 0 Å². The average molecular weight is 371 g/mol. The van der Waals surface area contributed by atoms with Crippen molar-refractivity contribution in [1.29, 1.82) is 0 Å². The number of ether oxygens (including phenoxy) is 3. The van der Waals surface area contributed by atoms with Gasteiger partial charge in [-0.1, -0.05) is 24.6 Å². The van der Waals surface area contributed by atoms with E-state index in [2.05, 4.69) is 21.0 Å². The van der Waals surface area contributed by atoms with E-state index in [9.17, 15) is 0 Å². The van der Waals surface area contributed by atoms with Crippen molar-refractivity contribution in [2.75, 3.05) is 0 Å². The van der Waals surface area contributed by atoms with Crippen LogP contribution < -0.4 is 14.2 Å². The van der Waals surface area contributed by atoms with E-state index < -0.39 is 0 Å². The number of hydrogen-bond donors (Lipinski definition) is 0. The van der Waals surface area contributed by atoms with Crippen LogP contribution in [0.3, 0.4) is 0 Å². The third-order valence-corrected chi connectivity index (χ3v) is 3.28. The molecule has 2 aromatic heterocycles. The second-order valence-corrected chi connectivity index (χ2v) is 5.36. The highest BCUT2D eigenvalue weighted by Gasteiger charge is 2.09. The molecule has 0 saturated carbocycles. The van der Waals surface area contributed by atoms with Crippen molar-refractivity contribution in [3.05, 3.63) is 79.1 Å². The second kappa shape index (κ2) is 9.55. The Morgan fingerprint density at radius 1 is 0.929 bits per heavy atom. The Bertz CT molecular complexity index is 950. The Hall–Kier alpha value is -4.11. The Kier molecular flexibility index (Phi) is 6.37. The number of rotatable bonds is 6. The molecule has 3 aromatic rings. The Morgan fingerprint density at radius 3 is 1.96 bits per heavy atom. The van der Waals surface area contributed by atoms with Crippen LogP contribution in [0.2, 0.25) is 0 Å². The fourth-order valence-corrected chi connectivity index (χ4v) is 2.20. The van der Waals surface area contributed by atoms with Crippen molar-refractivity contribution < 1.29 is 14.2 Å². The molecule has 0 aliphatic rings. The molecule has 138 valence electrons. The predicted molar refractivity (Wildman–Crippen MR) is 107 cm³/mol. The van der Waals surface area contributed by atoms with Crippen molar-refractivity contribution in [2.45, 2.75) is 6.92 Å². The molecule has 0 aliphatic heterocycles. The van der Waals surface area contributed by atoms with Crippen LogP contribution in [0.1, 0.15) is 6.92 Å². The maximum atomic E-state index is 5.81. The summed E-state index contributed by atoms with van der Waals surface area (Å²) in [6.07, 6.45) is 12.0. The van der Waals surface area contributed by atoms with Crippen LogP contribution in [0.25, 0.3) is 0 Å². The molecular weight excluding hydrogens is 354 g/mol. The summed E-state index contributed by atoms with van der Waals surface area (Å²) < 4.78 is 17.4. The van der Waals surface area contributed by atoms with Crippen LogP contribution in [0.4, 0.5) is 0 Å². The summed E-state index contributed by atoms with van der Waals surface area (Å²) in [7, 11) is 0. The van der Waals surface area contributed by atoms with Gasteiger partial charge in [0.1, 0.15) is 17.2 Å². The zero-order chi connectivity index (χ0) is 19.6. The average Bonchev–Trinajstić information content (AvgIpc) is 2.70. The minimum Gasteiger partial charge on any atom is -0.439 e. The number of allylic oxidation sites excluding steroid dienone is 1. The van der Waals surface area contributed by atoms with Crippen LogP contribution in [0.15, 0.2) is 84.1 Å². The first kappa shape index (κ1) is 18.7. The first-order valence-corrected chi connectivity index (χ1v) is 8.43. The molecule has 2 heterocycles. The highest BCUT2D eigenvalue weighted by atomic mass is 16.5. The first-order chi connectivity index (χ1) is 13.8. The fraction of sp³-hybridized carbons (Fsp3) is 0.0455. The van der Waals surface area contributed by atoms with Gasteiger partial charge in [0.15, 0.2) is 0 Å². The number of nitrogens with zero attached hydrogens (tertiary/aromatic N) is 3. The lowest BCUT2D eigenvalue weighted by molar-refractivity contribution is 0.435. The lowest BCUT2D eigenvalue weighted by atomic mass is 10.3. The van der Waals surface area contributed by atoms with Crippen molar-refractivity contribution in [2.24, 2.45) is 4.99 Å². The van der Waals surface area contributed by atoms with E-state index in [0.717, 1.165) is 0 Å². The molecular formula is C22H17N3O3. The monoisotopic (exact) mass is 371 g/mol. The molecule has 0 unspecified atom stereocenters. The molecule has 0 fully saturated rings. The molecule has 0 spiro atoms. The van der Waals surface area contributed by atoms with E-state index >= 15 is 0 Å².